The van der Waals surface area contributed by atoms with E-state index in [1.165, 1.54) is 0 Å². The number of hydrogen-bond acceptors (Lipinski definition) is 4. The number of phenols is 1. The molecule has 0 fully saturated rings. The Labute approximate surface area is 154 Å². The number of carbonyl (C=O) groups is 1. The molecule has 26 heavy (non-hydrogen) atoms. The van der Waals surface area contributed by atoms with Gasteiger partial charge in [-0.15, -0.1) is 11.3 Å². The number of aromatic nitrogens is 1. The number of aromatic carboxylic acids is 1. The van der Waals surface area contributed by atoms with Gasteiger partial charge in [-0.2, -0.15) is 0 Å². The average Bonchev–Trinajstić information content (AvgIpc) is 2.98. The fourth-order valence-electron chi connectivity index (χ4n) is 3.37. The molecule has 0 bridgehead atoms. The summed E-state index contributed by atoms with van der Waals surface area (Å²) in [4.78, 5) is 17.6. The van der Waals surface area contributed by atoms with Crippen molar-refractivity contribution >= 4 is 38.3 Å². The number of aromatic hydroxyl groups is 1. The van der Waals surface area contributed by atoms with Crippen LogP contribution in [-0.2, 0) is 6.42 Å². The summed E-state index contributed by atoms with van der Waals surface area (Å²) in [7, 11) is 0. The molecule has 2 heterocycles. The van der Waals surface area contributed by atoms with Crippen molar-refractivity contribution in [2.45, 2.75) is 20.3 Å². The zero-order chi connectivity index (χ0) is 18.4. The van der Waals surface area contributed by atoms with Gasteiger partial charge in [0.05, 0.1) is 27.0 Å². The highest BCUT2D eigenvalue weighted by Gasteiger charge is 2.20. The summed E-state index contributed by atoms with van der Waals surface area (Å²) in [5.41, 5.74) is 3.27. The van der Waals surface area contributed by atoms with Crippen molar-refractivity contribution in [3.05, 3.63) is 59.2 Å². The summed E-state index contributed by atoms with van der Waals surface area (Å²) in [6.07, 6.45) is 0.706. The third-order valence-corrected chi connectivity index (χ3v) is 6.01. The van der Waals surface area contributed by atoms with Crippen LogP contribution in [0.4, 0.5) is 0 Å². The minimum absolute atomic E-state index is 0.0540. The Hall–Kier alpha value is -2.92. The predicted octanol–water partition coefficient (Wildman–Crippen LogP) is 5.39. The van der Waals surface area contributed by atoms with Crippen LogP contribution in [0, 0.1) is 6.92 Å². The Morgan fingerprint density at radius 2 is 1.96 bits per heavy atom. The van der Waals surface area contributed by atoms with Crippen molar-refractivity contribution in [2.24, 2.45) is 0 Å². The minimum Gasteiger partial charge on any atom is -0.507 e. The van der Waals surface area contributed by atoms with Crippen LogP contribution in [0.3, 0.4) is 0 Å². The summed E-state index contributed by atoms with van der Waals surface area (Å²) >= 11 is 1.61. The number of rotatable bonds is 3. The molecular weight excluding hydrogens is 346 g/mol. The van der Waals surface area contributed by atoms with Crippen LogP contribution in [-0.4, -0.2) is 21.2 Å². The molecule has 0 amide bonds. The van der Waals surface area contributed by atoms with E-state index in [0.717, 1.165) is 26.1 Å². The first-order valence-corrected chi connectivity index (χ1v) is 9.20. The van der Waals surface area contributed by atoms with Crippen molar-refractivity contribution < 1.29 is 15.0 Å². The molecule has 0 saturated carbocycles. The Bertz CT molecular complexity index is 1180. The van der Waals surface area contributed by atoms with Crippen LogP contribution >= 0.6 is 11.3 Å². The second-order valence-corrected chi connectivity index (χ2v) is 7.29. The lowest BCUT2D eigenvalue weighted by atomic mass is 10.0. The van der Waals surface area contributed by atoms with E-state index >= 15 is 0 Å². The number of fused-ring (bicyclic) bond motifs is 2. The molecule has 0 spiro atoms. The molecule has 0 atom stereocenters. The lowest BCUT2D eigenvalue weighted by molar-refractivity contribution is 0.0698. The number of pyridine rings is 1. The molecule has 0 aliphatic carbocycles. The van der Waals surface area contributed by atoms with Crippen LogP contribution in [0.5, 0.6) is 5.75 Å². The van der Waals surface area contributed by atoms with Gasteiger partial charge >= 0.3 is 5.97 Å². The SMILES string of the molecule is CCc1ccc(O)c2c(C(=O)O)cc(-c3sc4ccccc4c3C)nc12. The molecule has 4 rings (SSSR count). The Morgan fingerprint density at radius 1 is 1.19 bits per heavy atom. The number of benzene rings is 2. The third-order valence-electron chi connectivity index (χ3n) is 4.71. The fourth-order valence-corrected chi connectivity index (χ4v) is 4.54. The molecule has 0 saturated heterocycles. The zero-order valence-corrected chi connectivity index (χ0v) is 15.2. The largest absolute Gasteiger partial charge is 0.507 e. The van der Waals surface area contributed by atoms with E-state index in [9.17, 15) is 15.0 Å². The van der Waals surface area contributed by atoms with Gasteiger partial charge in [-0.25, -0.2) is 9.78 Å². The summed E-state index contributed by atoms with van der Waals surface area (Å²) in [6, 6.07) is 13.0. The fraction of sp³-hybridized carbons (Fsp3) is 0.143. The summed E-state index contributed by atoms with van der Waals surface area (Å²) in [5, 5.41) is 21.4. The van der Waals surface area contributed by atoms with E-state index in [2.05, 4.69) is 12.1 Å². The molecule has 2 N–H and O–H groups in total. The van der Waals surface area contributed by atoms with Gasteiger partial charge < -0.3 is 10.2 Å². The average molecular weight is 363 g/mol. The minimum atomic E-state index is -1.07. The van der Waals surface area contributed by atoms with E-state index in [1.54, 1.807) is 29.5 Å². The summed E-state index contributed by atoms with van der Waals surface area (Å²) in [6.45, 7) is 4.02. The highest BCUT2D eigenvalue weighted by Crippen LogP contribution is 2.40. The lowest BCUT2D eigenvalue weighted by Crippen LogP contribution is -2.02. The Balaban J connectivity index is 2.10. The maximum atomic E-state index is 11.9. The summed E-state index contributed by atoms with van der Waals surface area (Å²) in [5.74, 6) is -1.12. The van der Waals surface area contributed by atoms with Crippen LogP contribution in [0.15, 0.2) is 42.5 Å². The monoisotopic (exact) mass is 363 g/mol. The van der Waals surface area contributed by atoms with Gasteiger partial charge in [-0.1, -0.05) is 31.2 Å². The van der Waals surface area contributed by atoms with E-state index < -0.39 is 5.97 Å². The van der Waals surface area contributed by atoms with E-state index in [0.29, 0.717) is 23.0 Å². The standard InChI is InChI=1S/C21H17NO3S/c1-3-12-8-9-16(23)18-14(21(24)25)10-15(22-19(12)18)20-11(2)13-6-4-5-7-17(13)26-20/h4-10,23H,3H2,1-2H3,(H,24,25). The number of nitrogens with zero attached hydrogens (tertiary/aromatic N) is 1. The van der Waals surface area contributed by atoms with Gasteiger partial charge in [-0.05, 0) is 48.1 Å². The van der Waals surface area contributed by atoms with E-state index in [-0.39, 0.29) is 11.3 Å². The topological polar surface area (TPSA) is 70.4 Å². The molecule has 4 aromatic rings. The van der Waals surface area contributed by atoms with Gasteiger partial charge in [0.1, 0.15) is 5.75 Å². The van der Waals surface area contributed by atoms with Gasteiger partial charge in [0.2, 0.25) is 0 Å². The van der Waals surface area contributed by atoms with Crippen molar-refractivity contribution in [1.82, 2.24) is 4.98 Å². The molecule has 0 unspecified atom stereocenters. The first-order chi connectivity index (χ1) is 12.5. The molecule has 0 aliphatic heterocycles. The number of phenolic OH excluding ortho intramolecular Hbond substituents is 1. The molecule has 5 heteroatoms. The van der Waals surface area contributed by atoms with Crippen molar-refractivity contribution in [2.75, 3.05) is 0 Å². The zero-order valence-electron chi connectivity index (χ0n) is 14.4. The van der Waals surface area contributed by atoms with Crippen LogP contribution in [0.25, 0.3) is 31.6 Å². The normalized spacial score (nSPS) is 11.3. The van der Waals surface area contributed by atoms with Crippen molar-refractivity contribution in [3.63, 3.8) is 0 Å². The Morgan fingerprint density at radius 3 is 2.65 bits per heavy atom. The molecule has 0 aliphatic rings. The van der Waals surface area contributed by atoms with E-state index in [4.69, 9.17) is 4.98 Å². The second-order valence-electron chi connectivity index (χ2n) is 6.23. The van der Waals surface area contributed by atoms with Gasteiger partial charge in [0.15, 0.2) is 0 Å². The lowest BCUT2D eigenvalue weighted by Gasteiger charge is -2.11. The molecule has 2 aromatic carbocycles. The molecule has 2 aromatic heterocycles. The van der Waals surface area contributed by atoms with Crippen molar-refractivity contribution in [1.29, 1.82) is 0 Å². The summed E-state index contributed by atoms with van der Waals surface area (Å²) < 4.78 is 1.14. The quantitative estimate of drug-likeness (QED) is 0.512. The highest BCUT2D eigenvalue weighted by atomic mass is 32.1. The highest BCUT2D eigenvalue weighted by molar-refractivity contribution is 7.22. The van der Waals surface area contributed by atoms with E-state index in [1.807, 2.05) is 26.0 Å². The van der Waals surface area contributed by atoms with Gasteiger partial charge in [0.25, 0.3) is 0 Å². The number of hydrogen-bond donors (Lipinski definition) is 2. The predicted molar refractivity (Wildman–Crippen MR) is 105 cm³/mol. The molecule has 130 valence electrons. The van der Waals surface area contributed by atoms with Crippen LogP contribution in [0.1, 0.15) is 28.4 Å². The van der Waals surface area contributed by atoms with Crippen LogP contribution < -0.4 is 0 Å². The first kappa shape index (κ1) is 16.5. The number of aryl methyl sites for hydroxylation is 2. The number of carboxylic acids is 1. The van der Waals surface area contributed by atoms with Crippen LogP contribution in [0.2, 0.25) is 0 Å². The number of thiophene rings is 1. The third kappa shape index (κ3) is 2.44. The van der Waals surface area contributed by atoms with Gasteiger partial charge in [-0.3, -0.25) is 0 Å². The smallest absolute Gasteiger partial charge is 0.336 e. The molecule has 4 nitrogen and oxygen atoms in total. The first-order valence-electron chi connectivity index (χ1n) is 8.38. The molecular formula is C21H17NO3S. The molecule has 0 radical (unpaired) electrons. The second kappa shape index (κ2) is 6.11. The van der Waals surface area contributed by atoms with Gasteiger partial charge in [0, 0.05) is 4.70 Å². The number of carboxylic acid groups (broad SMARTS) is 1. The maximum Gasteiger partial charge on any atom is 0.336 e. The Kier molecular flexibility index (Phi) is 3.89. The maximum absolute atomic E-state index is 11.9. The van der Waals surface area contributed by atoms with Crippen molar-refractivity contribution in [3.8, 4) is 16.3 Å².